The second kappa shape index (κ2) is 13.8. The van der Waals surface area contributed by atoms with Gasteiger partial charge in [0.25, 0.3) is 10.0 Å². The first kappa shape index (κ1) is 34.4. The van der Waals surface area contributed by atoms with Crippen molar-refractivity contribution in [1.82, 2.24) is 9.36 Å². The largest absolute Gasteiger partial charge is 0.497 e. The number of anilines is 1. The Labute approximate surface area is 285 Å². The van der Waals surface area contributed by atoms with E-state index in [2.05, 4.69) is 9.36 Å². The van der Waals surface area contributed by atoms with Crippen molar-refractivity contribution >= 4 is 38.3 Å². The molecule has 15 heteroatoms. The van der Waals surface area contributed by atoms with E-state index in [1.54, 1.807) is 31.2 Å². The van der Waals surface area contributed by atoms with E-state index in [0.717, 1.165) is 27.5 Å². The van der Waals surface area contributed by atoms with Crippen molar-refractivity contribution in [3.8, 4) is 11.5 Å². The van der Waals surface area contributed by atoms with Crippen LogP contribution in [-0.4, -0.2) is 50.5 Å². The number of methoxy groups -OCH3 is 1. The van der Waals surface area contributed by atoms with E-state index in [-0.39, 0.29) is 23.3 Å². The highest BCUT2D eigenvalue weighted by Gasteiger charge is 2.47. The zero-order chi connectivity index (χ0) is 34.1. The number of hydrogen-bond donors (Lipinski definition) is 0. The molecule has 48 heavy (non-hydrogen) atoms. The van der Waals surface area contributed by atoms with Crippen LogP contribution in [0.25, 0.3) is 0 Å². The maximum atomic E-state index is 15.7. The summed E-state index contributed by atoms with van der Waals surface area (Å²) in [7, 11) is -3.15. The van der Waals surface area contributed by atoms with Gasteiger partial charge in [-0.2, -0.15) is 4.37 Å². The number of rotatable bonds is 11. The van der Waals surface area contributed by atoms with Gasteiger partial charge in [0.05, 0.1) is 38.5 Å². The van der Waals surface area contributed by atoms with E-state index < -0.39 is 49.3 Å². The molecule has 0 amide bonds. The third kappa shape index (κ3) is 7.13. The number of hydrogen-bond acceptors (Lipinski definition) is 9. The fraction of sp³-hybridized carbons (Fsp3) is 0.394. The molecule has 1 aromatic heterocycles. The van der Waals surface area contributed by atoms with Gasteiger partial charge in [0.2, 0.25) is 5.13 Å². The molecule has 2 heterocycles. The first-order valence-electron chi connectivity index (χ1n) is 15.2. The highest BCUT2D eigenvalue weighted by Crippen LogP contribution is 2.47. The van der Waals surface area contributed by atoms with Crippen molar-refractivity contribution in [2.45, 2.75) is 56.3 Å². The summed E-state index contributed by atoms with van der Waals surface area (Å²) < 4.78 is 101. The van der Waals surface area contributed by atoms with E-state index in [4.69, 9.17) is 30.5 Å². The molecule has 1 spiro atoms. The molecular formula is C33H33ClF3N3O6S2. The number of halogens is 4. The SMILES string of the molecule is COc1ccc(CN(c2ncns2)S(=O)(=O)c2cc(F)c(OCC3(Cc4ccc(Cl)c(F)c4)CCC4(CC3)OCCO4)cc2F)c(C)c1. The molecule has 1 aliphatic carbocycles. The number of aryl methyl sites for hydroxylation is 1. The summed E-state index contributed by atoms with van der Waals surface area (Å²) in [4.78, 5) is 3.16. The zero-order valence-corrected chi connectivity index (χ0v) is 28.6. The van der Waals surface area contributed by atoms with Crippen molar-refractivity contribution in [3.05, 3.63) is 94.0 Å². The number of sulfonamides is 1. The lowest BCUT2D eigenvalue weighted by molar-refractivity contribution is -0.194. The van der Waals surface area contributed by atoms with Crippen molar-refractivity contribution < 1.29 is 40.5 Å². The Balaban J connectivity index is 1.26. The minimum absolute atomic E-state index is 0.00388. The topological polar surface area (TPSA) is 100 Å². The number of aromatic nitrogens is 2. The minimum Gasteiger partial charge on any atom is -0.497 e. The molecule has 0 N–H and O–H groups in total. The summed E-state index contributed by atoms with van der Waals surface area (Å²) in [5, 5.41) is -0.0213. The molecule has 0 unspecified atom stereocenters. The standard InChI is InChI=1S/C33H33ClF3N3O6S2/c1-21-13-24(43-2)5-4-23(21)18-40(31-38-20-39-47-31)48(41,42)30-16-27(36)29(15-28(30)37)44-19-32(17-22-3-6-25(34)26(35)14-22)7-9-33(10-8-32)45-11-12-46-33/h3-6,13-16,20H,7-12,17-19H2,1-2H3. The summed E-state index contributed by atoms with van der Waals surface area (Å²) in [6.45, 7) is 2.49. The normalized spacial score (nSPS) is 17.0. The van der Waals surface area contributed by atoms with Crippen LogP contribution in [0.15, 0.2) is 59.8 Å². The van der Waals surface area contributed by atoms with Gasteiger partial charge in [-0.15, -0.1) is 0 Å². The van der Waals surface area contributed by atoms with Crippen LogP contribution in [0, 0.1) is 29.8 Å². The molecule has 0 atom stereocenters. The second-order valence-electron chi connectivity index (χ2n) is 12.1. The van der Waals surface area contributed by atoms with Crippen LogP contribution in [0.3, 0.4) is 0 Å². The van der Waals surface area contributed by atoms with E-state index in [1.165, 1.54) is 25.6 Å². The Morgan fingerprint density at radius 3 is 2.38 bits per heavy atom. The van der Waals surface area contributed by atoms with Gasteiger partial charge < -0.3 is 18.9 Å². The molecule has 1 saturated heterocycles. The predicted molar refractivity (Wildman–Crippen MR) is 174 cm³/mol. The lowest BCUT2D eigenvalue weighted by Gasteiger charge is -2.43. The molecule has 2 fully saturated rings. The van der Waals surface area contributed by atoms with Gasteiger partial charge in [-0.05, 0) is 67.1 Å². The number of benzene rings is 3. The van der Waals surface area contributed by atoms with Crippen molar-refractivity contribution in [2.75, 3.05) is 31.2 Å². The average molecular weight is 724 g/mol. The quantitative estimate of drug-likeness (QED) is 0.160. The highest BCUT2D eigenvalue weighted by atomic mass is 35.5. The monoisotopic (exact) mass is 723 g/mol. The van der Waals surface area contributed by atoms with Crippen LogP contribution in [0.1, 0.15) is 42.4 Å². The van der Waals surface area contributed by atoms with Crippen molar-refractivity contribution in [3.63, 3.8) is 0 Å². The maximum absolute atomic E-state index is 15.7. The van der Waals surface area contributed by atoms with E-state index in [0.29, 0.717) is 68.3 Å². The van der Waals surface area contributed by atoms with Crippen molar-refractivity contribution in [2.24, 2.45) is 5.41 Å². The lowest BCUT2D eigenvalue weighted by atomic mass is 9.69. The summed E-state index contributed by atoms with van der Waals surface area (Å²) >= 11 is 6.70. The summed E-state index contributed by atoms with van der Waals surface area (Å²) in [6, 6.07) is 11.0. The molecule has 1 saturated carbocycles. The smallest absolute Gasteiger partial charge is 0.269 e. The molecule has 9 nitrogen and oxygen atoms in total. The Morgan fingerprint density at radius 2 is 1.73 bits per heavy atom. The summed E-state index contributed by atoms with van der Waals surface area (Å²) in [5.74, 6) is -3.39. The van der Waals surface area contributed by atoms with Gasteiger partial charge in [-0.1, -0.05) is 23.7 Å². The van der Waals surface area contributed by atoms with Crippen molar-refractivity contribution in [1.29, 1.82) is 0 Å². The fourth-order valence-corrected chi connectivity index (χ4v) is 8.54. The summed E-state index contributed by atoms with van der Waals surface area (Å²) in [6.07, 6.45) is 3.70. The summed E-state index contributed by atoms with van der Waals surface area (Å²) in [5.41, 5.74) is 1.38. The number of ether oxygens (including phenoxy) is 4. The van der Waals surface area contributed by atoms with Gasteiger partial charge in [0.15, 0.2) is 17.4 Å². The molecule has 0 bridgehead atoms. The van der Waals surface area contributed by atoms with Crippen LogP contribution >= 0.6 is 23.1 Å². The molecule has 3 aromatic carbocycles. The Kier molecular flexibility index (Phi) is 9.92. The predicted octanol–water partition coefficient (Wildman–Crippen LogP) is 7.25. The maximum Gasteiger partial charge on any atom is 0.269 e. The minimum atomic E-state index is -4.67. The van der Waals surface area contributed by atoms with Crippen LogP contribution in [0.2, 0.25) is 5.02 Å². The Bertz CT molecular complexity index is 1880. The third-order valence-corrected chi connectivity index (χ3v) is 11.8. The molecule has 1 aliphatic heterocycles. The average Bonchev–Trinajstić information content (AvgIpc) is 3.77. The molecule has 2 aliphatic rings. The van der Waals surface area contributed by atoms with E-state index in [1.807, 2.05) is 0 Å². The number of nitrogens with zero attached hydrogens (tertiary/aromatic N) is 3. The van der Waals surface area contributed by atoms with Gasteiger partial charge in [-0.25, -0.2) is 30.9 Å². The lowest BCUT2D eigenvalue weighted by Crippen LogP contribution is -2.43. The molecule has 4 aromatic rings. The fourth-order valence-electron chi connectivity index (χ4n) is 6.23. The van der Waals surface area contributed by atoms with Gasteiger partial charge in [-0.3, -0.25) is 0 Å². The van der Waals surface area contributed by atoms with Gasteiger partial charge >= 0.3 is 0 Å². The molecule has 256 valence electrons. The van der Waals surface area contributed by atoms with Crippen LogP contribution < -0.4 is 13.8 Å². The second-order valence-corrected chi connectivity index (χ2v) is 15.1. The molecule has 0 radical (unpaired) electrons. The Hall–Kier alpha value is -3.43. The van der Waals surface area contributed by atoms with Gasteiger partial charge in [0.1, 0.15) is 28.6 Å². The zero-order valence-electron chi connectivity index (χ0n) is 26.2. The highest BCUT2D eigenvalue weighted by molar-refractivity contribution is 7.93. The van der Waals surface area contributed by atoms with E-state index >= 15 is 8.78 Å². The van der Waals surface area contributed by atoms with Crippen LogP contribution in [0.5, 0.6) is 11.5 Å². The Morgan fingerprint density at radius 1 is 0.979 bits per heavy atom. The molecule has 6 rings (SSSR count). The third-order valence-electron chi connectivity index (χ3n) is 8.96. The van der Waals surface area contributed by atoms with Gasteiger partial charge in [0, 0.05) is 41.9 Å². The first-order valence-corrected chi connectivity index (χ1v) is 17.8. The van der Waals surface area contributed by atoms with Crippen LogP contribution in [0.4, 0.5) is 18.3 Å². The van der Waals surface area contributed by atoms with Crippen LogP contribution in [-0.2, 0) is 32.5 Å². The molecular weight excluding hydrogens is 691 g/mol. The van der Waals surface area contributed by atoms with E-state index in [9.17, 15) is 12.8 Å². The first-order chi connectivity index (χ1) is 22.9.